The molecule has 0 atom stereocenters. The summed E-state index contributed by atoms with van der Waals surface area (Å²) in [5.74, 6) is -2.87. The average molecular weight is 382 g/mol. The fourth-order valence-corrected chi connectivity index (χ4v) is 3.70. The molecule has 6 heteroatoms. The number of rotatable bonds is 3. The highest BCUT2D eigenvalue weighted by molar-refractivity contribution is 7.80. The second kappa shape index (κ2) is 7.18. The number of thiocarbonyl (C=S) groups is 1. The van der Waals surface area contributed by atoms with Crippen LogP contribution in [0.4, 0.5) is 13.2 Å². The van der Waals surface area contributed by atoms with Crippen molar-refractivity contribution in [2.75, 3.05) is 6.54 Å². The van der Waals surface area contributed by atoms with E-state index >= 15 is 0 Å². The molecule has 0 saturated heterocycles. The molecule has 0 bridgehead atoms. The highest BCUT2D eigenvalue weighted by Crippen LogP contribution is 2.41. The molecule has 0 radical (unpaired) electrons. The maximum Gasteiger partial charge on any atom is 0.138 e. The molecular formula is C19H15ClF3NS. The lowest BCUT2D eigenvalue weighted by atomic mass is 9.91. The summed E-state index contributed by atoms with van der Waals surface area (Å²) in [4.78, 5) is 2.29. The van der Waals surface area contributed by atoms with Gasteiger partial charge in [0, 0.05) is 30.1 Å². The predicted octanol–water partition coefficient (Wildman–Crippen LogP) is 6.07. The summed E-state index contributed by atoms with van der Waals surface area (Å²) in [6.45, 7) is 2.29. The van der Waals surface area contributed by atoms with Gasteiger partial charge in [0.1, 0.15) is 17.5 Å². The van der Waals surface area contributed by atoms with Crippen molar-refractivity contribution in [1.82, 2.24) is 4.90 Å². The summed E-state index contributed by atoms with van der Waals surface area (Å²) in [6, 6.07) is 8.49. The van der Waals surface area contributed by atoms with Gasteiger partial charge in [-0.25, -0.2) is 13.2 Å². The molecule has 0 amide bonds. The van der Waals surface area contributed by atoms with Crippen LogP contribution < -0.4 is 0 Å². The van der Waals surface area contributed by atoms with E-state index in [2.05, 4.69) is 0 Å². The van der Waals surface area contributed by atoms with Crippen molar-refractivity contribution in [2.24, 2.45) is 0 Å². The first-order valence-corrected chi connectivity index (χ1v) is 8.66. The summed E-state index contributed by atoms with van der Waals surface area (Å²) in [5, 5.41) is 0.488. The monoisotopic (exact) mass is 381 g/mol. The maximum absolute atomic E-state index is 14.5. The van der Waals surface area contributed by atoms with E-state index in [1.54, 1.807) is 23.1 Å². The van der Waals surface area contributed by atoms with Gasteiger partial charge in [-0.3, -0.25) is 0 Å². The van der Waals surface area contributed by atoms with Gasteiger partial charge in [0.05, 0.1) is 16.2 Å². The van der Waals surface area contributed by atoms with Gasteiger partial charge in [0.15, 0.2) is 0 Å². The third-order valence-electron chi connectivity index (χ3n) is 4.20. The highest BCUT2D eigenvalue weighted by Gasteiger charge is 2.30. The fourth-order valence-electron chi connectivity index (χ4n) is 3.13. The molecule has 2 aromatic rings. The van der Waals surface area contributed by atoms with Crippen molar-refractivity contribution >= 4 is 40.1 Å². The Kier molecular flexibility index (Phi) is 5.16. The standard InChI is InChI=1S/C19H15ClF3NS/c1-2-24-17(25)8-7-13(12-5-3-4-6-14(12)20)19(24)18-15(22)9-11(21)10-16(18)23/h3-6,9-10H,2,7-8H2,1H3. The van der Waals surface area contributed by atoms with Crippen molar-refractivity contribution in [3.05, 3.63) is 70.0 Å². The Labute approximate surface area is 154 Å². The van der Waals surface area contributed by atoms with Crippen molar-refractivity contribution in [2.45, 2.75) is 19.8 Å². The molecule has 1 heterocycles. The van der Waals surface area contributed by atoms with Crippen molar-refractivity contribution in [3.8, 4) is 0 Å². The molecule has 130 valence electrons. The topological polar surface area (TPSA) is 3.24 Å². The molecular weight excluding hydrogens is 367 g/mol. The van der Waals surface area contributed by atoms with E-state index in [0.29, 0.717) is 58.4 Å². The molecule has 0 aliphatic carbocycles. The van der Waals surface area contributed by atoms with Crippen LogP contribution in [0.5, 0.6) is 0 Å². The minimum absolute atomic E-state index is 0.278. The molecule has 0 unspecified atom stereocenters. The van der Waals surface area contributed by atoms with Crippen LogP contribution >= 0.6 is 23.8 Å². The van der Waals surface area contributed by atoms with Crippen LogP contribution in [0.2, 0.25) is 5.02 Å². The van der Waals surface area contributed by atoms with Crippen LogP contribution in [-0.4, -0.2) is 16.4 Å². The van der Waals surface area contributed by atoms with E-state index in [9.17, 15) is 13.2 Å². The van der Waals surface area contributed by atoms with Gasteiger partial charge in [0.2, 0.25) is 0 Å². The van der Waals surface area contributed by atoms with E-state index < -0.39 is 17.5 Å². The Morgan fingerprint density at radius 1 is 1.08 bits per heavy atom. The SMILES string of the molecule is CCN1C(=S)CCC(c2ccccc2Cl)=C1c1c(F)cc(F)cc1F. The summed E-state index contributed by atoms with van der Waals surface area (Å²) in [5.41, 5.74) is 1.44. The van der Waals surface area contributed by atoms with Gasteiger partial charge in [-0.1, -0.05) is 42.0 Å². The summed E-state index contributed by atoms with van der Waals surface area (Å²) in [6.07, 6.45) is 1.09. The normalized spacial score (nSPS) is 15.1. The van der Waals surface area contributed by atoms with E-state index in [-0.39, 0.29) is 5.56 Å². The van der Waals surface area contributed by atoms with Crippen LogP contribution in [0.1, 0.15) is 30.9 Å². The second-order valence-corrected chi connectivity index (χ2v) is 6.57. The first-order chi connectivity index (χ1) is 11.9. The number of nitrogens with zero attached hydrogens (tertiary/aromatic N) is 1. The van der Waals surface area contributed by atoms with E-state index in [0.717, 1.165) is 0 Å². The largest absolute Gasteiger partial charge is 0.335 e. The minimum Gasteiger partial charge on any atom is -0.335 e. The zero-order valence-corrected chi connectivity index (χ0v) is 15.0. The molecule has 2 aromatic carbocycles. The second-order valence-electron chi connectivity index (χ2n) is 5.69. The van der Waals surface area contributed by atoms with Crippen molar-refractivity contribution in [1.29, 1.82) is 0 Å². The molecule has 0 saturated carbocycles. The van der Waals surface area contributed by atoms with Gasteiger partial charge in [-0.2, -0.15) is 0 Å². The molecule has 25 heavy (non-hydrogen) atoms. The third-order valence-corrected chi connectivity index (χ3v) is 4.96. The quantitative estimate of drug-likeness (QED) is 0.594. The maximum atomic E-state index is 14.5. The molecule has 3 rings (SSSR count). The van der Waals surface area contributed by atoms with Crippen molar-refractivity contribution < 1.29 is 13.2 Å². The molecule has 1 aliphatic rings. The predicted molar refractivity (Wildman–Crippen MR) is 98.8 cm³/mol. The Bertz CT molecular complexity index is 856. The van der Waals surface area contributed by atoms with Crippen molar-refractivity contribution in [3.63, 3.8) is 0 Å². The smallest absolute Gasteiger partial charge is 0.138 e. The van der Waals surface area contributed by atoms with Crippen LogP contribution in [0, 0.1) is 17.5 Å². The fraction of sp³-hybridized carbons (Fsp3) is 0.211. The van der Waals surface area contributed by atoms with Gasteiger partial charge in [-0.15, -0.1) is 0 Å². The first-order valence-electron chi connectivity index (χ1n) is 7.87. The average Bonchev–Trinajstić information content (AvgIpc) is 2.55. The summed E-state index contributed by atoms with van der Waals surface area (Å²) in [7, 11) is 0. The molecule has 0 spiro atoms. The van der Waals surface area contributed by atoms with Gasteiger partial charge >= 0.3 is 0 Å². The Morgan fingerprint density at radius 2 is 1.72 bits per heavy atom. The van der Waals surface area contributed by atoms with Crippen LogP contribution in [0.15, 0.2) is 36.4 Å². The Balaban J connectivity index is 2.35. The number of hydrogen-bond acceptors (Lipinski definition) is 1. The number of benzene rings is 2. The number of halogens is 4. The van der Waals surface area contributed by atoms with E-state index in [1.165, 1.54) is 0 Å². The van der Waals surface area contributed by atoms with Crippen LogP contribution in [-0.2, 0) is 0 Å². The molecule has 0 aromatic heterocycles. The van der Waals surface area contributed by atoms with Crippen LogP contribution in [0.25, 0.3) is 11.3 Å². The highest BCUT2D eigenvalue weighted by atomic mass is 35.5. The zero-order chi connectivity index (χ0) is 18.1. The molecule has 0 N–H and O–H groups in total. The Hall–Kier alpha value is -1.85. The number of hydrogen-bond donors (Lipinski definition) is 0. The minimum atomic E-state index is -0.958. The lowest BCUT2D eigenvalue weighted by Crippen LogP contribution is -2.32. The molecule has 0 fully saturated rings. The van der Waals surface area contributed by atoms with E-state index in [1.807, 2.05) is 13.0 Å². The van der Waals surface area contributed by atoms with Gasteiger partial charge in [-0.05, 0) is 30.5 Å². The third kappa shape index (κ3) is 3.31. The summed E-state index contributed by atoms with van der Waals surface area (Å²) >= 11 is 11.7. The first kappa shape index (κ1) is 18.0. The Morgan fingerprint density at radius 3 is 2.32 bits per heavy atom. The summed E-state index contributed by atoms with van der Waals surface area (Å²) < 4.78 is 42.4. The van der Waals surface area contributed by atoms with E-state index in [4.69, 9.17) is 23.8 Å². The van der Waals surface area contributed by atoms with Crippen LogP contribution in [0.3, 0.4) is 0 Å². The molecule has 1 aliphatic heterocycles. The number of allylic oxidation sites excluding steroid dienone is 1. The van der Waals surface area contributed by atoms with Gasteiger partial charge in [0.25, 0.3) is 0 Å². The van der Waals surface area contributed by atoms with Gasteiger partial charge < -0.3 is 4.90 Å². The lowest BCUT2D eigenvalue weighted by Gasteiger charge is -2.34. The zero-order valence-electron chi connectivity index (χ0n) is 13.5. The molecule has 1 nitrogen and oxygen atoms in total. The lowest BCUT2D eigenvalue weighted by molar-refractivity contribution is 0.524.